The van der Waals surface area contributed by atoms with Crippen molar-refractivity contribution in [2.45, 2.75) is 38.3 Å². The topological polar surface area (TPSA) is 29.1 Å². The molecule has 1 amide bonds. The van der Waals surface area contributed by atoms with E-state index < -0.39 is 24.9 Å². The Balaban J connectivity index is 3.34. The Morgan fingerprint density at radius 3 is 2.40 bits per heavy atom. The molecule has 0 saturated heterocycles. The number of carbonyl (C=O) groups excluding carboxylic acids is 1. The monoisotopic (exact) mass is 337 g/mol. The lowest BCUT2D eigenvalue weighted by atomic mass is 10.2. The summed E-state index contributed by atoms with van der Waals surface area (Å²) in [6.45, 7) is 0.479. The van der Waals surface area contributed by atoms with Crippen molar-refractivity contribution in [1.82, 2.24) is 5.32 Å². The van der Waals surface area contributed by atoms with E-state index in [1.165, 1.54) is 0 Å². The highest BCUT2D eigenvalue weighted by molar-refractivity contribution is 14.1. The molecule has 0 aliphatic carbocycles. The van der Waals surface area contributed by atoms with E-state index in [1.807, 2.05) is 0 Å². The highest BCUT2D eigenvalue weighted by Crippen LogP contribution is 2.20. The number of halogens is 4. The fraction of sp³-hybridized carbons (Fsp3) is 0.889. The molecule has 0 aliphatic rings. The number of amides is 1. The van der Waals surface area contributed by atoms with Gasteiger partial charge in [-0.25, -0.2) is 0 Å². The summed E-state index contributed by atoms with van der Waals surface area (Å²) in [6.07, 6.45) is -2.82. The van der Waals surface area contributed by atoms with Crippen LogP contribution in [0.1, 0.15) is 32.1 Å². The second-order valence-corrected chi connectivity index (χ2v) is 4.29. The van der Waals surface area contributed by atoms with Gasteiger partial charge in [0, 0.05) is 13.0 Å². The molecule has 90 valence electrons. The molecule has 0 aromatic rings. The van der Waals surface area contributed by atoms with Crippen molar-refractivity contribution < 1.29 is 18.0 Å². The molecule has 0 fully saturated rings. The summed E-state index contributed by atoms with van der Waals surface area (Å²) in [5.41, 5.74) is 0. The molecule has 15 heavy (non-hydrogen) atoms. The Kier molecular flexibility index (Phi) is 8.17. The van der Waals surface area contributed by atoms with Crippen LogP contribution >= 0.6 is 22.6 Å². The SMILES string of the molecule is O=C(CCC(F)(F)F)NCCCCCI. The molecule has 0 heterocycles. The molecule has 0 bridgehead atoms. The summed E-state index contributed by atoms with van der Waals surface area (Å²) in [7, 11) is 0. The first-order valence-corrected chi connectivity index (χ1v) is 6.37. The van der Waals surface area contributed by atoms with E-state index in [4.69, 9.17) is 0 Å². The van der Waals surface area contributed by atoms with E-state index in [0.29, 0.717) is 6.54 Å². The Hall–Kier alpha value is -0.0100. The standard InChI is InChI=1S/C9H15F3INO/c10-9(11,12)5-4-8(15)14-7-3-1-2-6-13/h1-7H2,(H,14,15). The maximum Gasteiger partial charge on any atom is 0.389 e. The summed E-state index contributed by atoms with van der Waals surface area (Å²) < 4.78 is 36.2. The smallest absolute Gasteiger partial charge is 0.356 e. The molecule has 0 aliphatic heterocycles. The van der Waals surface area contributed by atoms with Crippen LogP contribution < -0.4 is 5.32 Å². The molecule has 0 aromatic carbocycles. The van der Waals surface area contributed by atoms with Gasteiger partial charge in [0.25, 0.3) is 0 Å². The fourth-order valence-electron chi connectivity index (χ4n) is 0.968. The van der Waals surface area contributed by atoms with E-state index in [2.05, 4.69) is 27.9 Å². The van der Waals surface area contributed by atoms with Gasteiger partial charge in [0.1, 0.15) is 0 Å². The lowest BCUT2D eigenvalue weighted by Crippen LogP contribution is -2.25. The number of alkyl halides is 4. The van der Waals surface area contributed by atoms with Gasteiger partial charge in [-0.2, -0.15) is 13.2 Å². The normalized spacial score (nSPS) is 11.5. The van der Waals surface area contributed by atoms with Crippen molar-refractivity contribution in [3.8, 4) is 0 Å². The van der Waals surface area contributed by atoms with E-state index in [-0.39, 0.29) is 0 Å². The molecule has 0 spiro atoms. The van der Waals surface area contributed by atoms with Gasteiger partial charge in [-0.15, -0.1) is 0 Å². The molecule has 0 unspecified atom stereocenters. The average molecular weight is 337 g/mol. The highest BCUT2D eigenvalue weighted by Gasteiger charge is 2.27. The number of hydrogen-bond acceptors (Lipinski definition) is 1. The van der Waals surface area contributed by atoms with Crippen LogP contribution in [0.25, 0.3) is 0 Å². The van der Waals surface area contributed by atoms with Crippen molar-refractivity contribution in [3.63, 3.8) is 0 Å². The van der Waals surface area contributed by atoms with Crippen LogP contribution in [0.2, 0.25) is 0 Å². The largest absolute Gasteiger partial charge is 0.389 e. The third-order valence-corrected chi connectivity index (χ3v) is 2.53. The minimum atomic E-state index is -4.24. The van der Waals surface area contributed by atoms with Crippen LogP contribution in [0.3, 0.4) is 0 Å². The number of hydrogen-bond donors (Lipinski definition) is 1. The van der Waals surface area contributed by atoms with Crippen LogP contribution in [-0.4, -0.2) is 23.1 Å². The second-order valence-electron chi connectivity index (χ2n) is 3.21. The molecule has 0 aromatic heterocycles. The van der Waals surface area contributed by atoms with Gasteiger partial charge in [0.2, 0.25) is 5.91 Å². The third kappa shape index (κ3) is 11.9. The van der Waals surface area contributed by atoms with Gasteiger partial charge in [0.05, 0.1) is 6.42 Å². The van der Waals surface area contributed by atoms with Crippen molar-refractivity contribution >= 4 is 28.5 Å². The molecular weight excluding hydrogens is 322 g/mol. The molecule has 0 saturated carbocycles. The van der Waals surface area contributed by atoms with Crippen molar-refractivity contribution in [1.29, 1.82) is 0 Å². The summed E-state index contributed by atoms with van der Waals surface area (Å²) in [5, 5.41) is 2.47. The maximum absolute atomic E-state index is 11.7. The zero-order chi connectivity index (χ0) is 11.7. The molecule has 6 heteroatoms. The molecule has 2 nitrogen and oxygen atoms in total. The summed E-state index contributed by atoms with van der Waals surface area (Å²) in [5.74, 6) is -0.512. The zero-order valence-electron chi connectivity index (χ0n) is 8.37. The molecule has 1 N–H and O–H groups in total. The first kappa shape index (κ1) is 15.0. The fourth-order valence-corrected chi connectivity index (χ4v) is 1.51. The first-order valence-electron chi connectivity index (χ1n) is 4.85. The Labute approximate surface area is 101 Å². The van der Waals surface area contributed by atoms with Gasteiger partial charge < -0.3 is 5.32 Å². The summed E-state index contributed by atoms with van der Waals surface area (Å²) in [4.78, 5) is 10.9. The second kappa shape index (κ2) is 8.18. The van der Waals surface area contributed by atoms with Crippen molar-refractivity contribution in [3.05, 3.63) is 0 Å². The van der Waals surface area contributed by atoms with Gasteiger partial charge in [0.15, 0.2) is 0 Å². The van der Waals surface area contributed by atoms with E-state index >= 15 is 0 Å². The van der Waals surface area contributed by atoms with Gasteiger partial charge in [-0.1, -0.05) is 29.0 Å². The Morgan fingerprint density at radius 2 is 1.87 bits per heavy atom. The van der Waals surface area contributed by atoms with Crippen LogP contribution in [0.4, 0.5) is 13.2 Å². The summed E-state index contributed by atoms with van der Waals surface area (Å²) in [6, 6.07) is 0. The van der Waals surface area contributed by atoms with Crippen molar-refractivity contribution in [2.24, 2.45) is 0 Å². The lowest BCUT2D eigenvalue weighted by Gasteiger charge is -2.06. The van der Waals surface area contributed by atoms with Crippen LogP contribution in [0.15, 0.2) is 0 Å². The van der Waals surface area contributed by atoms with Gasteiger partial charge in [-0.05, 0) is 17.3 Å². The van der Waals surface area contributed by atoms with Gasteiger partial charge >= 0.3 is 6.18 Å². The number of carbonyl (C=O) groups is 1. The minimum Gasteiger partial charge on any atom is -0.356 e. The van der Waals surface area contributed by atoms with E-state index in [9.17, 15) is 18.0 Å². The molecule has 0 rings (SSSR count). The summed E-state index contributed by atoms with van der Waals surface area (Å²) >= 11 is 2.26. The Bertz CT molecular complexity index is 185. The Morgan fingerprint density at radius 1 is 1.20 bits per heavy atom. The molecule has 0 atom stereocenters. The van der Waals surface area contributed by atoms with Crippen LogP contribution in [-0.2, 0) is 4.79 Å². The highest BCUT2D eigenvalue weighted by atomic mass is 127. The van der Waals surface area contributed by atoms with Crippen LogP contribution in [0, 0.1) is 0 Å². The molecule has 0 radical (unpaired) electrons. The maximum atomic E-state index is 11.7. The average Bonchev–Trinajstić information content (AvgIpc) is 2.13. The lowest BCUT2D eigenvalue weighted by molar-refractivity contribution is -0.144. The predicted octanol–water partition coefficient (Wildman–Crippen LogP) is 3.05. The number of unbranched alkanes of at least 4 members (excludes halogenated alkanes) is 2. The van der Waals surface area contributed by atoms with Crippen molar-refractivity contribution in [2.75, 3.05) is 11.0 Å². The quantitative estimate of drug-likeness (QED) is 0.432. The van der Waals surface area contributed by atoms with Crippen LogP contribution in [0.5, 0.6) is 0 Å². The minimum absolute atomic E-state index is 0.463. The van der Waals surface area contributed by atoms with Gasteiger partial charge in [-0.3, -0.25) is 4.79 Å². The molecular formula is C9H15F3INO. The predicted molar refractivity (Wildman–Crippen MR) is 61.0 cm³/mol. The first-order chi connectivity index (χ1) is 6.95. The number of rotatable bonds is 7. The third-order valence-electron chi connectivity index (χ3n) is 1.77. The zero-order valence-corrected chi connectivity index (χ0v) is 10.5. The van der Waals surface area contributed by atoms with E-state index in [0.717, 1.165) is 23.7 Å². The number of nitrogens with one attached hydrogen (secondary N) is 1. The van der Waals surface area contributed by atoms with E-state index in [1.54, 1.807) is 0 Å².